The minimum Gasteiger partial charge on any atom is -0.326 e. The maximum Gasteiger partial charge on any atom is 0.250 e. The van der Waals surface area contributed by atoms with Crippen LogP contribution in [-0.4, -0.2) is 13.4 Å². The highest BCUT2D eigenvalue weighted by molar-refractivity contribution is 7.91. The Kier molecular flexibility index (Phi) is 4.36. The van der Waals surface area contributed by atoms with Gasteiger partial charge in [-0.3, -0.25) is 0 Å². The van der Waals surface area contributed by atoms with Crippen LogP contribution in [0.4, 0.5) is 0 Å². The van der Waals surface area contributed by atoms with Crippen molar-refractivity contribution < 1.29 is 8.42 Å². The Hall–Kier alpha value is -0.800. The molecule has 0 fully saturated rings. The van der Waals surface area contributed by atoms with Crippen molar-refractivity contribution in [3.05, 3.63) is 33.1 Å². The van der Waals surface area contributed by atoms with E-state index >= 15 is 0 Å². The zero-order valence-corrected chi connectivity index (χ0v) is 13.0. The molecule has 2 heterocycles. The molecule has 0 spiro atoms. The molecule has 104 valence electrons. The molecule has 19 heavy (non-hydrogen) atoms. The van der Waals surface area contributed by atoms with Crippen LogP contribution in [-0.2, 0) is 16.6 Å². The minimum absolute atomic E-state index is 0.285. The van der Waals surface area contributed by atoms with Gasteiger partial charge in [-0.05, 0) is 30.9 Å². The van der Waals surface area contributed by atoms with Gasteiger partial charge in [0.25, 0.3) is 10.0 Å². The molecule has 0 aromatic carbocycles. The van der Waals surface area contributed by atoms with Gasteiger partial charge in [0.15, 0.2) is 0 Å². The lowest BCUT2D eigenvalue weighted by Gasteiger charge is -2.10. The number of nitrogens with zero attached hydrogens (tertiary/aromatic N) is 1. The van der Waals surface area contributed by atoms with Crippen molar-refractivity contribution in [2.75, 3.05) is 0 Å². The average Bonchev–Trinajstić information content (AvgIpc) is 2.96. The number of thiazole rings is 1. The Morgan fingerprint density at radius 2 is 2.16 bits per heavy atom. The lowest BCUT2D eigenvalue weighted by atomic mass is 10.4. The predicted octanol–water partition coefficient (Wildman–Crippen LogP) is 2.01. The topological polar surface area (TPSA) is 85.1 Å². The van der Waals surface area contributed by atoms with Crippen LogP contribution < -0.4 is 10.5 Å². The number of aryl methyl sites for hydroxylation is 1. The average molecular weight is 317 g/mol. The van der Waals surface area contributed by atoms with Gasteiger partial charge < -0.3 is 5.73 Å². The number of thiophene rings is 1. The largest absolute Gasteiger partial charge is 0.326 e. The van der Waals surface area contributed by atoms with Crippen molar-refractivity contribution in [2.45, 2.75) is 30.6 Å². The van der Waals surface area contributed by atoms with E-state index in [1.807, 2.05) is 12.3 Å². The molecule has 5 nitrogen and oxygen atoms in total. The highest BCUT2D eigenvalue weighted by Gasteiger charge is 2.21. The highest BCUT2D eigenvalue weighted by Crippen LogP contribution is 2.24. The zero-order chi connectivity index (χ0) is 14.0. The fraction of sp³-hybridized carbons (Fsp3) is 0.364. The Labute approximate surface area is 120 Å². The minimum atomic E-state index is -3.51. The first-order valence-electron chi connectivity index (χ1n) is 5.64. The molecule has 0 bridgehead atoms. The standard InChI is InChI=1S/C11H15N3O2S3/c1-7-5-18-11(13-7)8(2)14-19(15,16)10-3-9(4-12)6-17-10/h3,5-6,8,14H,4,12H2,1-2H3. The smallest absolute Gasteiger partial charge is 0.250 e. The van der Waals surface area contributed by atoms with Gasteiger partial charge in [-0.25, -0.2) is 18.1 Å². The maximum atomic E-state index is 12.2. The van der Waals surface area contributed by atoms with Crippen molar-refractivity contribution in [3.63, 3.8) is 0 Å². The second-order valence-corrected chi connectivity index (χ2v) is 7.89. The second-order valence-electron chi connectivity index (χ2n) is 4.15. The lowest BCUT2D eigenvalue weighted by Crippen LogP contribution is -2.26. The van der Waals surface area contributed by atoms with Gasteiger partial charge >= 0.3 is 0 Å². The summed E-state index contributed by atoms with van der Waals surface area (Å²) in [7, 11) is -3.51. The van der Waals surface area contributed by atoms with E-state index in [0.29, 0.717) is 6.54 Å². The molecule has 0 radical (unpaired) electrons. The summed E-state index contributed by atoms with van der Waals surface area (Å²) in [6.07, 6.45) is 0. The summed E-state index contributed by atoms with van der Waals surface area (Å²) in [6, 6.07) is 1.26. The van der Waals surface area contributed by atoms with E-state index in [1.165, 1.54) is 22.7 Å². The van der Waals surface area contributed by atoms with E-state index in [0.717, 1.165) is 16.3 Å². The molecular weight excluding hydrogens is 302 g/mol. The molecule has 1 atom stereocenters. The summed E-state index contributed by atoms with van der Waals surface area (Å²) in [4.78, 5) is 4.28. The highest BCUT2D eigenvalue weighted by atomic mass is 32.2. The lowest BCUT2D eigenvalue weighted by molar-refractivity contribution is 0.568. The molecule has 0 saturated carbocycles. The molecule has 2 aromatic heterocycles. The van der Waals surface area contributed by atoms with Crippen molar-refractivity contribution in [3.8, 4) is 0 Å². The molecule has 2 aromatic rings. The number of aromatic nitrogens is 1. The van der Waals surface area contributed by atoms with Crippen molar-refractivity contribution >= 4 is 32.7 Å². The summed E-state index contributed by atoms with van der Waals surface area (Å²) in [5.74, 6) is 0. The molecule has 8 heteroatoms. The van der Waals surface area contributed by atoms with E-state index in [9.17, 15) is 8.42 Å². The molecule has 1 unspecified atom stereocenters. The molecular formula is C11H15N3O2S3. The normalized spacial score (nSPS) is 13.6. The molecule has 3 N–H and O–H groups in total. The summed E-state index contributed by atoms with van der Waals surface area (Å²) >= 11 is 2.62. The Morgan fingerprint density at radius 1 is 1.42 bits per heavy atom. The molecule has 2 rings (SSSR count). The molecule has 0 aliphatic heterocycles. The van der Waals surface area contributed by atoms with Gasteiger partial charge in [-0.15, -0.1) is 22.7 Å². The SMILES string of the molecule is Cc1csc(C(C)NS(=O)(=O)c2cc(CN)cs2)n1. The van der Waals surface area contributed by atoms with Crippen LogP contribution in [0.5, 0.6) is 0 Å². The van der Waals surface area contributed by atoms with Gasteiger partial charge in [0, 0.05) is 17.6 Å². The summed E-state index contributed by atoms with van der Waals surface area (Å²) in [5.41, 5.74) is 7.20. The fourth-order valence-electron chi connectivity index (χ4n) is 1.51. The maximum absolute atomic E-state index is 12.2. The van der Waals surface area contributed by atoms with Gasteiger partial charge in [0.2, 0.25) is 0 Å². The fourth-order valence-corrected chi connectivity index (χ4v) is 4.84. The molecule has 0 amide bonds. The summed E-state index contributed by atoms with van der Waals surface area (Å²) in [6.45, 7) is 4.01. The first-order chi connectivity index (χ1) is 8.92. The third-order valence-electron chi connectivity index (χ3n) is 2.47. The van der Waals surface area contributed by atoms with Crippen LogP contribution in [0, 0.1) is 6.92 Å². The van der Waals surface area contributed by atoms with E-state index in [2.05, 4.69) is 9.71 Å². The van der Waals surface area contributed by atoms with Crippen LogP contribution >= 0.6 is 22.7 Å². The molecule has 0 aliphatic carbocycles. The summed E-state index contributed by atoms with van der Waals surface area (Å²) in [5, 5.41) is 4.42. The van der Waals surface area contributed by atoms with Crippen LogP contribution in [0.15, 0.2) is 21.0 Å². The molecule has 0 aliphatic rings. The third-order valence-corrected chi connectivity index (χ3v) is 6.64. The number of nitrogens with two attached hydrogens (primary N) is 1. The van der Waals surface area contributed by atoms with Crippen molar-refractivity contribution in [1.82, 2.24) is 9.71 Å². The van der Waals surface area contributed by atoms with E-state index in [-0.39, 0.29) is 10.3 Å². The zero-order valence-electron chi connectivity index (χ0n) is 10.6. The Bertz CT molecular complexity index is 660. The van der Waals surface area contributed by atoms with Gasteiger partial charge in [0.1, 0.15) is 9.22 Å². The van der Waals surface area contributed by atoms with Crippen molar-refractivity contribution in [2.24, 2.45) is 5.73 Å². The quantitative estimate of drug-likeness (QED) is 0.883. The van der Waals surface area contributed by atoms with E-state index in [4.69, 9.17) is 5.73 Å². The Morgan fingerprint density at radius 3 is 2.68 bits per heavy atom. The molecule has 0 saturated heterocycles. The van der Waals surface area contributed by atoms with Gasteiger partial charge in [-0.2, -0.15) is 0 Å². The predicted molar refractivity (Wildman–Crippen MR) is 77.8 cm³/mol. The number of hydrogen-bond acceptors (Lipinski definition) is 6. The van der Waals surface area contributed by atoms with Crippen LogP contribution in [0.1, 0.15) is 29.2 Å². The number of sulfonamides is 1. The summed E-state index contributed by atoms with van der Waals surface area (Å²) < 4.78 is 27.3. The first kappa shape index (κ1) is 14.6. The number of rotatable bonds is 5. The number of hydrogen-bond donors (Lipinski definition) is 2. The van der Waals surface area contributed by atoms with Gasteiger partial charge in [-0.1, -0.05) is 0 Å². The van der Waals surface area contributed by atoms with E-state index < -0.39 is 10.0 Å². The Balaban J connectivity index is 2.17. The second kappa shape index (κ2) is 5.68. The van der Waals surface area contributed by atoms with E-state index in [1.54, 1.807) is 18.4 Å². The van der Waals surface area contributed by atoms with Crippen LogP contribution in [0.3, 0.4) is 0 Å². The van der Waals surface area contributed by atoms with Gasteiger partial charge in [0.05, 0.1) is 6.04 Å². The number of nitrogens with one attached hydrogen (secondary N) is 1. The third kappa shape index (κ3) is 3.40. The van der Waals surface area contributed by atoms with Crippen molar-refractivity contribution in [1.29, 1.82) is 0 Å². The van der Waals surface area contributed by atoms with Crippen LogP contribution in [0.2, 0.25) is 0 Å². The monoisotopic (exact) mass is 317 g/mol. The van der Waals surface area contributed by atoms with Crippen LogP contribution in [0.25, 0.3) is 0 Å². The first-order valence-corrected chi connectivity index (χ1v) is 8.88.